The van der Waals surface area contributed by atoms with E-state index in [1.165, 1.54) is 0 Å². The Bertz CT molecular complexity index is 809. The molecule has 2 aromatic rings. The highest BCUT2D eigenvalue weighted by atomic mass is 35.5. The summed E-state index contributed by atoms with van der Waals surface area (Å²) in [6.07, 6.45) is 4.08. The zero-order valence-electron chi connectivity index (χ0n) is 13.7. The van der Waals surface area contributed by atoms with E-state index in [9.17, 15) is 9.59 Å². The molecule has 1 N–H and O–H groups in total. The smallest absolute Gasteiger partial charge is 0.231 e. The number of likely N-dealkylation sites (tertiary alicyclic amines) is 1. The fourth-order valence-corrected chi connectivity index (χ4v) is 3.60. The number of nitrogens with zero attached hydrogens (tertiary/aromatic N) is 3. The number of halogens is 1. The summed E-state index contributed by atoms with van der Waals surface area (Å²) >= 11 is 5.93. The molecule has 0 spiro atoms. The van der Waals surface area contributed by atoms with Gasteiger partial charge >= 0.3 is 0 Å². The minimum Gasteiger partial charge on any atom is -0.343 e. The van der Waals surface area contributed by atoms with Crippen LogP contribution in [0.4, 0.5) is 5.82 Å². The minimum absolute atomic E-state index is 0.0613. The van der Waals surface area contributed by atoms with Crippen molar-refractivity contribution in [1.82, 2.24) is 14.7 Å². The second kappa shape index (κ2) is 6.52. The topological polar surface area (TPSA) is 67.2 Å². The normalized spacial score (nSPS) is 19.6. The Hall–Kier alpha value is -2.34. The molecule has 1 aromatic heterocycles. The summed E-state index contributed by atoms with van der Waals surface area (Å²) in [6, 6.07) is 7.41. The Morgan fingerprint density at radius 1 is 1.24 bits per heavy atom. The van der Waals surface area contributed by atoms with Gasteiger partial charge in [-0.25, -0.2) is 4.68 Å². The summed E-state index contributed by atoms with van der Waals surface area (Å²) < 4.78 is 1.77. The number of nitrogens with one attached hydrogen (secondary N) is 1. The van der Waals surface area contributed by atoms with Crippen molar-refractivity contribution < 1.29 is 9.59 Å². The number of hydrogen-bond acceptors (Lipinski definition) is 3. The number of hydrogen-bond donors (Lipinski definition) is 1. The molecule has 0 unspecified atom stereocenters. The number of carbonyl (C=O) groups is 2. The van der Waals surface area contributed by atoms with Crippen LogP contribution in [-0.2, 0) is 16.1 Å². The van der Waals surface area contributed by atoms with Gasteiger partial charge in [0.05, 0.1) is 18.7 Å². The molecular formula is C18H19ClN4O2. The first-order valence-corrected chi connectivity index (χ1v) is 8.90. The molecule has 0 bridgehead atoms. The molecule has 25 heavy (non-hydrogen) atoms. The number of carbonyl (C=O) groups excluding carboxylic acids is 2. The van der Waals surface area contributed by atoms with Gasteiger partial charge in [0, 0.05) is 30.1 Å². The monoisotopic (exact) mass is 358 g/mol. The van der Waals surface area contributed by atoms with Gasteiger partial charge in [0.1, 0.15) is 5.82 Å². The van der Waals surface area contributed by atoms with E-state index in [4.69, 9.17) is 11.6 Å². The molecule has 0 saturated carbocycles. The van der Waals surface area contributed by atoms with E-state index < -0.39 is 0 Å². The summed E-state index contributed by atoms with van der Waals surface area (Å²) in [7, 11) is 0. The lowest BCUT2D eigenvalue weighted by Gasteiger charge is -2.25. The van der Waals surface area contributed by atoms with E-state index in [1.807, 2.05) is 29.2 Å². The minimum atomic E-state index is -0.376. The highest BCUT2D eigenvalue weighted by molar-refractivity contribution is 6.30. The maximum absolute atomic E-state index is 12.5. The third-order valence-electron chi connectivity index (χ3n) is 4.88. The summed E-state index contributed by atoms with van der Waals surface area (Å²) in [5, 5.41) is 7.98. The van der Waals surface area contributed by atoms with Gasteiger partial charge in [-0.1, -0.05) is 23.7 Å². The van der Waals surface area contributed by atoms with Crippen LogP contribution in [0, 0.1) is 5.92 Å². The highest BCUT2D eigenvalue weighted by Crippen LogP contribution is 2.32. The molecule has 130 valence electrons. The predicted octanol–water partition coefficient (Wildman–Crippen LogP) is 2.78. The largest absolute Gasteiger partial charge is 0.343 e. The number of benzene rings is 1. The average Bonchev–Trinajstić information content (AvgIpc) is 3.26. The molecule has 1 atom stereocenters. The van der Waals surface area contributed by atoms with Crippen molar-refractivity contribution in [3.8, 4) is 11.1 Å². The third-order valence-corrected chi connectivity index (χ3v) is 5.13. The molecule has 1 fully saturated rings. The first kappa shape index (κ1) is 16.1. The van der Waals surface area contributed by atoms with Crippen LogP contribution in [0.15, 0.2) is 30.5 Å². The number of aromatic nitrogens is 2. The molecule has 7 heteroatoms. The molecule has 2 aliphatic rings. The number of amides is 2. The van der Waals surface area contributed by atoms with E-state index in [0.29, 0.717) is 17.4 Å². The lowest BCUT2D eigenvalue weighted by Crippen LogP contribution is -2.38. The van der Waals surface area contributed by atoms with Crippen LogP contribution in [0.3, 0.4) is 0 Å². The molecule has 2 aliphatic heterocycles. The van der Waals surface area contributed by atoms with Crippen LogP contribution < -0.4 is 5.32 Å². The van der Waals surface area contributed by atoms with E-state index in [-0.39, 0.29) is 24.2 Å². The van der Waals surface area contributed by atoms with E-state index in [1.54, 1.807) is 10.9 Å². The van der Waals surface area contributed by atoms with Crippen LogP contribution in [0.1, 0.15) is 19.3 Å². The van der Waals surface area contributed by atoms with Crippen molar-refractivity contribution in [2.75, 3.05) is 18.4 Å². The van der Waals surface area contributed by atoms with E-state index >= 15 is 0 Å². The number of rotatable bonds is 3. The Kier molecular flexibility index (Phi) is 4.21. The van der Waals surface area contributed by atoms with Gasteiger partial charge in [0.15, 0.2) is 0 Å². The predicted molar refractivity (Wildman–Crippen MR) is 95.2 cm³/mol. The molecule has 6 nitrogen and oxygen atoms in total. The molecule has 1 saturated heterocycles. The Morgan fingerprint density at radius 3 is 2.68 bits per heavy atom. The van der Waals surface area contributed by atoms with Gasteiger partial charge < -0.3 is 10.2 Å². The lowest BCUT2D eigenvalue weighted by molar-refractivity contribution is -0.134. The van der Waals surface area contributed by atoms with Crippen LogP contribution in [-0.4, -0.2) is 39.6 Å². The Balaban J connectivity index is 1.52. The summed E-state index contributed by atoms with van der Waals surface area (Å²) in [5.74, 6) is 0.248. The van der Waals surface area contributed by atoms with Crippen LogP contribution >= 0.6 is 11.6 Å². The highest BCUT2D eigenvalue weighted by Gasteiger charge is 2.32. The Morgan fingerprint density at radius 2 is 1.96 bits per heavy atom. The van der Waals surface area contributed by atoms with Crippen molar-refractivity contribution in [3.05, 3.63) is 35.5 Å². The van der Waals surface area contributed by atoms with Crippen molar-refractivity contribution in [2.45, 2.75) is 25.8 Å². The summed E-state index contributed by atoms with van der Waals surface area (Å²) in [6.45, 7) is 2.04. The second-order valence-corrected chi connectivity index (χ2v) is 7.01. The molecule has 4 rings (SSSR count). The van der Waals surface area contributed by atoms with Gasteiger partial charge in [-0.05, 0) is 30.5 Å². The Labute approximate surface area is 150 Å². The quantitative estimate of drug-likeness (QED) is 0.917. The first-order chi connectivity index (χ1) is 12.1. The molecule has 0 aliphatic carbocycles. The fraction of sp³-hybridized carbons (Fsp3) is 0.389. The molecule has 0 radical (unpaired) electrons. The number of fused-ring (bicyclic) bond motifs is 1. The van der Waals surface area contributed by atoms with Gasteiger partial charge in [0.25, 0.3) is 0 Å². The van der Waals surface area contributed by atoms with Gasteiger partial charge in [0.2, 0.25) is 11.8 Å². The zero-order chi connectivity index (χ0) is 17.4. The van der Waals surface area contributed by atoms with Crippen LogP contribution in [0.25, 0.3) is 11.1 Å². The average molecular weight is 359 g/mol. The lowest BCUT2D eigenvalue weighted by atomic mass is 10.0. The maximum atomic E-state index is 12.5. The summed E-state index contributed by atoms with van der Waals surface area (Å²) in [4.78, 5) is 26.7. The molecule has 3 heterocycles. The van der Waals surface area contributed by atoms with Crippen LogP contribution in [0.5, 0.6) is 0 Å². The maximum Gasteiger partial charge on any atom is 0.231 e. The van der Waals surface area contributed by atoms with Gasteiger partial charge in [-0.2, -0.15) is 5.10 Å². The zero-order valence-corrected chi connectivity index (χ0v) is 14.5. The number of anilines is 1. The fourth-order valence-electron chi connectivity index (χ4n) is 3.47. The molecule has 2 amide bonds. The van der Waals surface area contributed by atoms with Crippen LogP contribution in [0.2, 0.25) is 5.02 Å². The first-order valence-electron chi connectivity index (χ1n) is 8.52. The SMILES string of the molecule is O=C1Nc2c(-c3ccc(Cl)cc3)cnn2C[C@H]1CC(=O)N1CCCC1. The van der Waals surface area contributed by atoms with Crippen molar-refractivity contribution >= 4 is 29.2 Å². The van der Waals surface area contributed by atoms with Gasteiger partial charge in [-0.3, -0.25) is 9.59 Å². The van der Waals surface area contributed by atoms with Crippen molar-refractivity contribution in [2.24, 2.45) is 5.92 Å². The third kappa shape index (κ3) is 3.14. The summed E-state index contributed by atoms with van der Waals surface area (Å²) in [5.41, 5.74) is 1.80. The van der Waals surface area contributed by atoms with E-state index in [0.717, 1.165) is 37.1 Å². The van der Waals surface area contributed by atoms with Crippen molar-refractivity contribution in [3.63, 3.8) is 0 Å². The van der Waals surface area contributed by atoms with Gasteiger partial charge in [-0.15, -0.1) is 0 Å². The molecular weight excluding hydrogens is 340 g/mol. The second-order valence-electron chi connectivity index (χ2n) is 6.57. The van der Waals surface area contributed by atoms with Crippen molar-refractivity contribution in [1.29, 1.82) is 0 Å². The standard InChI is InChI=1S/C18H19ClN4O2/c19-14-5-3-12(4-6-14)15-10-20-23-11-13(18(25)21-17(15)23)9-16(24)22-7-1-2-8-22/h3-6,10,13H,1-2,7-9,11H2,(H,21,25)/t13-/m1/s1. The van der Waals surface area contributed by atoms with E-state index in [2.05, 4.69) is 10.4 Å². The molecule has 1 aromatic carbocycles.